The first kappa shape index (κ1) is 12.8. The third-order valence-electron chi connectivity index (χ3n) is 1.91. The Labute approximate surface area is 86.3 Å². The molecule has 0 rings (SSSR count). The lowest BCUT2D eigenvalue weighted by Crippen LogP contribution is -2.16. The summed E-state index contributed by atoms with van der Waals surface area (Å²) in [6.07, 6.45) is 8.87. The van der Waals surface area contributed by atoms with Crippen LogP contribution in [0.5, 0.6) is 0 Å². The number of unbranched alkanes of at least 4 members (excludes halogenated alkanes) is 2. The number of esters is 1. The smallest absolute Gasteiger partial charge is 0.304 e. The van der Waals surface area contributed by atoms with Crippen LogP contribution in [0, 0.1) is 12.3 Å². The molecule has 0 aliphatic rings. The Hall–Kier alpha value is -1.23. The van der Waals surface area contributed by atoms with Gasteiger partial charge in [0.05, 0.1) is 0 Å². The van der Waals surface area contributed by atoms with Crippen LogP contribution < -0.4 is 0 Å². The summed E-state index contributed by atoms with van der Waals surface area (Å²) >= 11 is 0. The van der Waals surface area contributed by atoms with Crippen molar-refractivity contribution in [3.05, 3.63) is 12.2 Å². The van der Waals surface area contributed by atoms with Crippen molar-refractivity contribution in [2.45, 2.75) is 45.6 Å². The molecule has 0 spiro atoms. The van der Waals surface area contributed by atoms with E-state index in [0.717, 1.165) is 31.3 Å². The molecule has 0 N–H and O–H groups in total. The lowest BCUT2D eigenvalue weighted by atomic mass is 10.0. The second-order valence-electron chi connectivity index (χ2n) is 3.27. The lowest BCUT2D eigenvalue weighted by molar-refractivity contribution is -0.142. The van der Waals surface area contributed by atoms with Gasteiger partial charge < -0.3 is 4.74 Å². The molecule has 0 bridgehead atoms. The predicted octanol–water partition coefficient (Wildman–Crippen LogP) is 2.69. The SMILES string of the molecule is C#CC(OC(C)=O)C(=C)CCCCC. The van der Waals surface area contributed by atoms with Crippen molar-refractivity contribution >= 4 is 5.97 Å². The van der Waals surface area contributed by atoms with Gasteiger partial charge in [0.15, 0.2) is 6.10 Å². The molecular formula is C12H18O2. The monoisotopic (exact) mass is 194 g/mol. The molecule has 2 heteroatoms. The normalized spacial score (nSPS) is 11.5. The first-order valence-corrected chi connectivity index (χ1v) is 4.92. The topological polar surface area (TPSA) is 26.3 Å². The van der Waals surface area contributed by atoms with Crippen LogP contribution in [0.4, 0.5) is 0 Å². The Balaban J connectivity index is 3.94. The van der Waals surface area contributed by atoms with Gasteiger partial charge in [-0.15, -0.1) is 6.42 Å². The minimum atomic E-state index is -0.552. The number of carbonyl (C=O) groups is 1. The maximum absolute atomic E-state index is 10.7. The summed E-state index contributed by atoms with van der Waals surface area (Å²) in [4.78, 5) is 10.7. The molecule has 0 aromatic rings. The van der Waals surface area contributed by atoms with Gasteiger partial charge in [-0.1, -0.05) is 32.3 Å². The molecule has 78 valence electrons. The highest BCUT2D eigenvalue weighted by molar-refractivity contribution is 5.66. The fraction of sp³-hybridized carbons (Fsp3) is 0.583. The molecule has 0 saturated carbocycles. The van der Waals surface area contributed by atoms with E-state index in [0.29, 0.717) is 0 Å². The molecule has 0 aromatic heterocycles. The molecule has 0 heterocycles. The van der Waals surface area contributed by atoms with E-state index in [1.165, 1.54) is 6.92 Å². The maximum Gasteiger partial charge on any atom is 0.304 e. The summed E-state index contributed by atoms with van der Waals surface area (Å²) in [6.45, 7) is 7.31. The minimum Gasteiger partial charge on any atom is -0.445 e. The fourth-order valence-corrected chi connectivity index (χ4v) is 1.13. The van der Waals surface area contributed by atoms with Crippen LogP contribution in [0.25, 0.3) is 0 Å². The van der Waals surface area contributed by atoms with Gasteiger partial charge in [0.25, 0.3) is 0 Å². The lowest BCUT2D eigenvalue weighted by Gasteiger charge is -2.13. The van der Waals surface area contributed by atoms with Crippen LogP contribution in [0.1, 0.15) is 39.5 Å². The van der Waals surface area contributed by atoms with E-state index < -0.39 is 6.10 Å². The summed E-state index contributed by atoms with van der Waals surface area (Å²) < 4.78 is 4.92. The number of hydrogen-bond acceptors (Lipinski definition) is 2. The van der Waals surface area contributed by atoms with E-state index >= 15 is 0 Å². The van der Waals surface area contributed by atoms with Gasteiger partial charge in [-0.2, -0.15) is 0 Å². The van der Waals surface area contributed by atoms with Crippen LogP contribution >= 0.6 is 0 Å². The Kier molecular flexibility index (Phi) is 6.57. The second kappa shape index (κ2) is 7.20. The highest BCUT2D eigenvalue weighted by Crippen LogP contribution is 2.13. The molecule has 0 radical (unpaired) electrons. The van der Waals surface area contributed by atoms with Crippen LogP contribution in [-0.2, 0) is 9.53 Å². The predicted molar refractivity (Wildman–Crippen MR) is 57.7 cm³/mol. The van der Waals surface area contributed by atoms with E-state index in [1.807, 2.05) is 0 Å². The number of hydrogen-bond donors (Lipinski definition) is 0. The number of carbonyl (C=O) groups excluding carboxylic acids is 1. The molecule has 0 fully saturated rings. The van der Waals surface area contributed by atoms with Crippen molar-refractivity contribution in [2.75, 3.05) is 0 Å². The zero-order valence-corrected chi connectivity index (χ0v) is 9.01. The molecule has 0 amide bonds. The molecule has 2 nitrogen and oxygen atoms in total. The first-order valence-electron chi connectivity index (χ1n) is 4.92. The van der Waals surface area contributed by atoms with Crippen molar-refractivity contribution in [1.29, 1.82) is 0 Å². The van der Waals surface area contributed by atoms with Crippen molar-refractivity contribution in [3.8, 4) is 12.3 Å². The molecule has 1 unspecified atom stereocenters. The van der Waals surface area contributed by atoms with Crippen molar-refractivity contribution in [3.63, 3.8) is 0 Å². The molecule has 0 saturated heterocycles. The van der Waals surface area contributed by atoms with Gasteiger partial charge >= 0.3 is 5.97 Å². The fourth-order valence-electron chi connectivity index (χ4n) is 1.13. The standard InChI is InChI=1S/C12H18O2/c1-5-7-8-9-10(3)12(6-2)14-11(4)13/h2,12H,3,5,7-9H2,1,4H3. The van der Waals surface area contributed by atoms with Crippen LogP contribution in [-0.4, -0.2) is 12.1 Å². The van der Waals surface area contributed by atoms with E-state index in [9.17, 15) is 4.79 Å². The van der Waals surface area contributed by atoms with Crippen LogP contribution in [0.2, 0.25) is 0 Å². The Morgan fingerprint density at radius 1 is 1.57 bits per heavy atom. The Morgan fingerprint density at radius 3 is 2.64 bits per heavy atom. The van der Waals surface area contributed by atoms with Crippen molar-refractivity contribution < 1.29 is 9.53 Å². The van der Waals surface area contributed by atoms with E-state index in [2.05, 4.69) is 19.4 Å². The zero-order valence-electron chi connectivity index (χ0n) is 9.01. The molecule has 0 aromatic carbocycles. The third kappa shape index (κ3) is 5.42. The van der Waals surface area contributed by atoms with Crippen molar-refractivity contribution in [1.82, 2.24) is 0 Å². The summed E-state index contributed by atoms with van der Waals surface area (Å²) in [6, 6.07) is 0. The highest BCUT2D eigenvalue weighted by atomic mass is 16.5. The Bertz CT molecular complexity index is 235. The summed E-state index contributed by atoms with van der Waals surface area (Å²) in [5, 5.41) is 0. The quantitative estimate of drug-likeness (QED) is 0.281. The van der Waals surface area contributed by atoms with Crippen molar-refractivity contribution in [2.24, 2.45) is 0 Å². The number of terminal acetylenes is 1. The largest absolute Gasteiger partial charge is 0.445 e. The number of ether oxygens (including phenoxy) is 1. The van der Waals surface area contributed by atoms with Gasteiger partial charge in [0.1, 0.15) is 0 Å². The second-order valence-corrected chi connectivity index (χ2v) is 3.27. The van der Waals surface area contributed by atoms with E-state index in [-0.39, 0.29) is 5.97 Å². The molecule has 0 aliphatic carbocycles. The van der Waals surface area contributed by atoms with Gasteiger partial charge in [-0.25, -0.2) is 0 Å². The van der Waals surface area contributed by atoms with Crippen LogP contribution in [0.15, 0.2) is 12.2 Å². The van der Waals surface area contributed by atoms with Gasteiger partial charge in [0, 0.05) is 6.92 Å². The maximum atomic E-state index is 10.7. The van der Waals surface area contributed by atoms with E-state index in [1.54, 1.807) is 0 Å². The molecular weight excluding hydrogens is 176 g/mol. The average molecular weight is 194 g/mol. The first-order chi connectivity index (χ1) is 6.61. The number of rotatable bonds is 6. The Morgan fingerprint density at radius 2 is 2.21 bits per heavy atom. The summed E-state index contributed by atoms with van der Waals surface area (Å²) in [5.41, 5.74) is 0.816. The van der Waals surface area contributed by atoms with Crippen LogP contribution in [0.3, 0.4) is 0 Å². The minimum absolute atomic E-state index is 0.357. The van der Waals surface area contributed by atoms with Gasteiger partial charge in [-0.05, 0) is 18.4 Å². The third-order valence-corrected chi connectivity index (χ3v) is 1.91. The molecule has 14 heavy (non-hydrogen) atoms. The average Bonchev–Trinajstić information content (AvgIpc) is 2.14. The van der Waals surface area contributed by atoms with Gasteiger partial charge in [-0.3, -0.25) is 4.79 Å². The molecule has 0 aliphatic heterocycles. The summed E-state index contributed by atoms with van der Waals surface area (Å²) in [7, 11) is 0. The van der Waals surface area contributed by atoms with E-state index in [4.69, 9.17) is 11.2 Å². The summed E-state index contributed by atoms with van der Waals surface area (Å²) in [5.74, 6) is 2.06. The zero-order chi connectivity index (χ0) is 11.0. The van der Waals surface area contributed by atoms with Gasteiger partial charge in [0.2, 0.25) is 0 Å². The highest BCUT2D eigenvalue weighted by Gasteiger charge is 2.11. The molecule has 1 atom stereocenters.